The molecule has 20 heavy (non-hydrogen) atoms. The highest BCUT2D eigenvalue weighted by Gasteiger charge is 2.14. The van der Waals surface area contributed by atoms with Gasteiger partial charge in [0.05, 0.1) is 11.4 Å². The lowest BCUT2D eigenvalue weighted by atomic mass is 10.2. The zero-order chi connectivity index (χ0) is 14.7. The van der Waals surface area contributed by atoms with E-state index in [1.54, 1.807) is 0 Å². The number of thiophene rings is 1. The van der Waals surface area contributed by atoms with Crippen molar-refractivity contribution in [2.75, 3.05) is 11.1 Å². The van der Waals surface area contributed by atoms with E-state index in [0.717, 1.165) is 36.6 Å². The quantitative estimate of drug-likeness (QED) is 0.855. The third-order valence-corrected chi connectivity index (χ3v) is 4.32. The van der Waals surface area contributed by atoms with Gasteiger partial charge in [-0.3, -0.25) is 0 Å². The Morgan fingerprint density at radius 2 is 2.15 bits per heavy atom. The molecule has 0 aliphatic heterocycles. The van der Waals surface area contributed by atoms with Crippen LogP contribution < -0.4 is 11.1 Å². The molecule has 0 bridgehead atoms. The zero-order valence-electron chi connectivity index (χ0n) is 12.7. The van der Waals surface area contributed by atoms with Gasteiger partial charge in [-0.25, -0.2) is 4.68 Å². The maximum absolute atomic E-state index is 6.14. The van der Waals surface area contributed by atoms with Gasteiger partial charge in [0.15, 0.2) is 0 Å². The molecule has 4 nitrogen and oxygen atoms in total. The van der Waals surface area contributed by atoms with Crippen molar-refractivity contribution in [3.8, 4) is 0 Å². The fourth-order valence-corrected chi connectivity index (χ4v) is 3.32. The SMILES string of the molecule is CCCn1nc(C)c(N)c1NC(C)Cc1ccc(C)s1. The molecule has 0 saturated carbocycles. The zero-order valence-corrected chi connectivity index (χ0v) is 13.5. The van der Waals surface area contributed by atoms with E-state index in [2.05, 4.69) is 43.3 Å². The minimum Gasteiger partial charge on any atom is -0.394 e. The first kappa shape index (κ1) is 14.9. The van der Waals surface area contributed by atoms with Crippen LogP contribution in [0.3, 0.4) is 0 Å². The second kappa shape index (κ2) is 6.31. The molecule has 0 aliphatic carbocycles. The first-order valence-electron chi connectivity index (χ1n) is 7.16. The Hall–Kier alpha value is -1.49. The molecule has 110 valence electrons. The van der Waals surface area contributed by atoms with Gasteiger partial charge >= 0.3 is 0 Å². The standard InChI is InChI=1S/C15H24N4S/c1-5-8-19-15(14(16)12(4)18-19)17-10(2)9-13-7-6-11(3)20-13/h6-7,10,17H,5,8-9,16H2,1-4H3. The molecule has 0 saturated heterocycles. The van der Waals surface area contributed by atoms with Crippen molar-refractivity contribution in [1.29, 1.82) is 0 Å². The number of anilines is 2. The van der Waals surface area contributed by atoms with Crippen LogP contribution >= 0.6 is 11.3 Å². The number of aryl methyl sites for hydroxylation is 3. The minimum absolute atomic E-state index is 0.335. The summed E-state index contributed by atoms with van der Waals surface area (Å²) in [5.74, 6) is 0.963. The number of hydrogen-bond donors (Lipinski definition) is 2. The van der Waals surface area contributed by atoms with Crippen molar-refractivity contribution >= 4 is 22.8 Å². The topological polar surface area (TPSA) is 55.9 Å². The van der Waals surface area contributed by atoms with E-state index in [0.29, 0.717) is 6.04 Å². The Balaban J connectivity index is 2.08. The van der Waals surface area contributed by atoms with Crippen molar-refractivity contribution in [2.24, 2.45) is 0 Å². The van der Waals surface area contributed by atoms with Crippen molar-refractivity contribution in [1.82, 2.24) is 9.78 Å². The minimum atomic E-state index is 0.335. The van der Waals surface area contributed by atoms with Gasteiger partial charge in [0.2, 0.25) is 0 Å². The molecule has 2 aromatic rings. The van der Waals surface area contributed by atoms with E-state index in [9.17, 15) is 0 Å². The maximum atomic E-state index is 6.14. The van der Waals surface area contributed by atoms with Crippen molar-refractivity contribution < 1.29 is 0 Å². The Bertz CT molecular complexity index is 570. The summed E-state index contributed by atoms with van der Waals surface area (Å²) in [7, 11) is 0. The second-order valence-electron chi connectivity index (χ2n) is 5.33. The third-order valence-electron chi connectivity index (χ3n) is 3.30. The Morgan fingerprint density at radius 3 is 2.75 bits per heavy atom. The normalized spacial score (nSPS) is 12.6. The van der Waals surface area contributed by atoms with Crippen LogP contribution in [0.2, 0.25) is 0 Å². The van der Waals surface area contributed by atoms with Crippen LogP contribution in [0.15, 0.2) is 12.1 Å². The molecule has 0 fully saturated rings. The molecule has 1 atom stereocenters. The van der Waals surface area contributed by atoms with Gasteiger partial charge in [0, 0.05) is 28.8 Å². The van der Waals surface area contributed by atoms with Gasteiger partial charge < -0.3 is 11.1 Å². The lowest BCUT2D eigenvalue weighted by molar-refractivity contribution is 0.597. The molecule has 3 N–H and O–H groups in total. The molecule has 2 heterocycles. The number of nitrogen functional groups attached to an aromatic ring is 1. The number of nitrogens with two attached hydrogens (primary N) is 1. The van der Waals surface area contributed by atoms with E-state index in [1.807, 2.05) is 22.9 Å². The summed E-state index contributed by atoms with van der Waals surface area (Å²) in [6.45, 7) is 9.33. The van der Waals surface area contributed by atoms with Gasteiger partial charge in [0.1, 0.15) is 5.82 Å². The fourth-order valence-electron chi connectivity index (χ4n) is 2.30. The number of hydrogen-bond acceptors (Lipinski definition) is 4. The van der Waals surface area contributed by atoms with Crippen molar-refractivity contribution in [3.05, 3.63) is 27.6 Å². The first-order chi connectivity index (χ1) is 9.51. The molecular formula is C15H24N4S. The first-order valence-corrected chi connectivity index (χ1v) is 7.97. The average molecular weight is 292 g/mol. The molecule has 0 radical (unpaired) electrons. The van der Waals surface area contributed by atoms with Crippen molar-refractivity contribution in [3.63, 3.8) is 0 Å². The smallest absolute Gasteiger partial charge is 0.148 e. The summed E-state index contributed by atoms with van der Waals surface area (Å²) in [4.78, 5) is 2.76. The predicted molar refractivity (Wildman–Crippen MR) is 87.5 cm³/mol. The number of nitrogens with zero attached hydrogens (tertiary/aromatic N) is 2. The summed E-state index contributed by atoms with van der Waals surface area (Å²) in [6, 6.07) is 4.71. The third kappa shape index (κ3) is 3.33. The predicted octanol–water partition coefficient (Wildman–Crippen LogP) is 3.60. The molecule has 0 aromatic carbocycles. The van der Waals surface area contributed by atoms with Gasteiger partial charge in [-0.05, 0) is 39.3 Å². The molecule has 2 rings (SSSR count). The van der Waals surface area contributed by atoms with Gasteiger partial charge in [-0.15, -0.1) is 11.3 Å². The molecule has 5 heteroatoms. The highest BCUT2D eigenvalue weighted by molar-refractivity contribution is 7.11. The number of aromatic nitrogens is 2. The average Bonchev–Trinajstić information content (AvgIpc) is 2.89. The maximum Gasteiger partial charge on any atom is 0.148 e. The van der Waals surface area contributed by atoms with Crippen LogP contribution in [-0.2, 0) is 13.0 Å². The molecular weight excluding hydrogens is 268 g/mol. The number of nitrogens with one attached hydrogen (secondary N) is 1. The van der Waals surface area contributed by atoms with E-state index in [4.69, 9.17) is 5.73 Å². The van der Waals surface area contributed by atoms with E-state index >= 15 is 0 Å². The summed E-state index contributed by atoms with van der Waals surface area (Å²) in [5.41, 5.74) is 7.81. The highest BCUT2D eigenvalue weighted by atomic mass is 32.1. The van der Waals surface area contributed by atoms with Crippen molar-refractivity contribution in [2.45, 2.75) is 53.1 Å². The lowest BCUT2D eigenvalue weighted by Crippen LogP contribution is -2.21. The summed E-state index contributed by atoms with van der Waals surface area (Å²) >= 11 is 1.86. The van der Waals surface area contributed by atoms with Gasteiger partial charge in [-0.2, -0.15) is 5.10 Å². The van der Waals surface area contributed by atoms with Crippen LogP contribution in [0.25, 0.3) is 0 Å². The molecule has 0 amide bonds. The monoisotopic (exact) mass is 292 g/mol. The molecule has 0 spiro atoms. The van der Waals surface area contributed by atoms with Crippen LogP contribution in [0, 0.1) is 13.8 Å². The largest absolute Gasteiger partial charge is 0.394 e. The van der Waals surface area contributed by atoms with E-state index < -0.39 is 0 Å². The van der Waals surface area contributed by atoms with Crippen LogP contribution in [0.5, 0.6) is 0 Å². The van der Waals surface area contributed by atoms with Gasteiger partial charge in [-0.1, -0.05) is 6.92 Å². The molecule has 2 aromatic heterocycles. The fraction of sp³-hybridized carbons (Fsp3) is 0.533. The molecule has 1 unspecified atom stereocenters. The second-order valence-corrected chi connectivity index (χ2v) is 6.71. The summed E-state index contributed by atoms with van der Waals surface area (Å²) < 4.78 is 1.99. The lowest BCUT2D eigenvalue weighted by Gasteiger charge is -2.16. The van der Waals surface area contributed by atoms with Crippen LogP contribution in [0.4, 0.5) is 11.5 Å². The highest BCUT2D eigenvalue weighted by Crippen LogP contribution is 2.24. The van der Waals surface area contributed by atoms with E-state index in [-0.39, 0.29) is 0 Å². The Labute approximate surface area is 125 Å². The summed E-state index contributed by atoms with van der Waals surface area (Å²) in [6.07, 6.45) is 2.06. The Morgan fingerprint density at radius 1 is 1.40 bits per heavy atom. The molecule has 0 aliphatic rings. The van der Waals surface area contributed by atoms with Crippen LogP contribution in [0.1, 0.15) is 35.7 Å². The Kier molecular flexibility index (Phi) is 4.70. The van der Waals surface area contributed by atoms with E-state index in [1.165, 1.54) is 9.75 Å². The van der Waals surface area contributed by atoms with Crippen LogP contribution in [-0.4, -0.2) is 15.8 Å². The van der Waals surface area contributed by atoms with Gasteiger partial charge in [0.25, 0.3) is 0 Å². The summed E-state index contributed by atoms with van der Waals surface area (Å²) in [5, 5.41) is 8.02. The number of rotatable bonds is 6.